The molecule has 24 heavy (non-hydrogen) atoms. The van der Waals surface area contributed by atoms with Crippen molar-refractivity contribution in [3.05, 3.63) is 59.5 Å². The summed E-state index contributed by atoms with van der Waals surface area (Å²) < 4.78 is 5.25. The minimum Gasteiger partial charge on any atom is -0.463 e. The van der Waals surface area contributed by atoms with E-state index in [-0.39, 0.29) is 17.2 Å². The van der Waals surface area contributed by atoms with E-state index in [0.29, 0.717) is 17.4 Å². The standard InChI is InChI=1S/C20H24N2O2/c1-13(18-6-5-11-24-18)21-22-19(23)17-12-16(17)14-7-9-15(10-8-14)20(2,3)4/h5-11,16-17H,12H2,1-4H3,(H,22,23)/b21-13+/t16-,17+/m1/s1. The van der Waals surface area contributed by atoms with Crippen molar-refractivity contribution >= 4 is 11.6 Å². The highest BCUT2D eigenvalue weighted by Gasteiger charge is 2.44. The van der Waals surface area contributed by atoms with Crippen LogP contribution in [-0.4, -0.2) is 11.6 Å². The summed E-state index contributed by atoms with van der Waals surface area (Å²) in [5, 5.41) is 4.13. The number of benzene rings is 1. The molecule has 1 heterocycles. The topological polar surface area (TPSA) is 54.6 Å². The minimum absolute atomic E-state index is 0.0126. The van der Waals surface area contributed by atoms with E-state index in [1.165, 1.54) is 11.1 Å². The van der Waals surface area contributed by atoms with Gasteiger partial charge in [0.2, 0.25) is 5.91 Å². The number of carbonyl (C=O) groups is 1. The van der Waals surface area contributed by atoms with Crippen molar-refractivity contribution in [1.29, 1.82) is 0 Å². The molecule has 0 spiro atoms. The first-order chi connectivity index (χ1) is 11.4. The highest BCUT2D eigenvalue weighted by Crippen LogP contribution is 2.47. The predicted octanol–water partition coefficient (Wildman–Crippen LogP) is 4.22. The van der Waals surface area contributed by atoms with Gasteiger partial charge in [-0.3, -0.25) is 4.79 Å². The van der Waals surface area contributed by atoms with Crippen LogP contribution in [0.5, 0.6) is 0 Å². The summed E-state index contributed by atoms with van der Waals surface area (Å²) in [7, 11) is 0. The second kappa shape index (κ2) is 6.27. The number of hydrogen-bond acceptors (Lipinski definition) is 3. The fourth-order valence-corrected chi connectivity index (χ4v) is 2.84. The van der Waals surface area contributed by atoms with Crippen LogP contribution in [0.3, 0.4) is 0 Å². The summed E-state index contributed by atoms with van der Waals surface area (Å²) in [6.45, 7) is 8.42. The molecule has 1 saturated carbocycles. The zero-order valence-electron chi connectivity index (χ0n) is 14.7. The van der Waals surface area contributed by atoms with Crippen molar-refractivity contribution in [3.63, 3.8) is 0 Å². The summed E-state index contributed by atoms with van der Waals surface area (Å²) in [4.78, 5) is 12.2. The van der Waals surface area contributed by atoms with Gasteiger partial charge in [-0.15, -0.1) is 0 Å². The van der Waals surface area contributed by atoms with Crippen LogP contribution in [0, 0.1) is 5.92 Å². The first kappa shape index (κ1) is 16.5. The van der Waals surface area contributed by atoms with E-state index in [4.69, 9.17) is 4.42 Å². The molecule has 1 aliphatic carbocycles. The summed E-state index contributed by atoms with van der Waals surface area (Å²) in [6.07, 6.45) is 2.48. The predicted molar refractivity (Wildman–Crippen MR) is 95.1 cm³/mol. The maximum atomic E-state index is 12.2. The van der Waals surface area contributed by atoms with Gasteiger partial charge >= 0.3 is 0 Å². The second-order valence-electron chi connectivity index (χ2n) is 7.47. The molecule has 4 heteroatoms. The number of hydrogen-bond donors (Lipinski definition) is 1. The van der Waals surface area contributed by atoms with Crippen LogP contribution in [0.25, 0.3) is 0 Å². The van der Waals surface area contributed by atoms with E-state index < -0.39 is 0 Å². The molecule has 0 radical (unpaired) electrons. The third-order valence-corrected chi connectivity index (χ3v) is 4.54. The lowest BCUT2D eigenvalue weighted by molar-refractivity contribution is -0.122. The molecule has 3 rings (SSSR count). The lowest BCUT2D eigenvalue weighted by Gasteiger charge is -2.19. The quantitative estimate of drug-likeness (QED) is 0.676. The minimum atomic E-state index is -0.0224. The van der Waals surface area contributed by atoms with Gasteiger partial charge in [-0.05, 0) is 47.9 Å². The number of furan rings is 1. The van der Waals surface area contributed by atoms with Gasteiger partial charge in [0.05, 0.1) is 6.26 Å². The van der Waals surface area contributed by atoms with Gasteiger partial charge in [-0.25, -0.2) is 5.43 Å². The zero-order valence-corrected chi connectivity index (χ0v) is 14.7. The maximum absolute atomic E-state index is 12.2. The second-order valence-corrected chi connectivity index (χ2v) is 7.47. The molecule has 1 amide bonds. The lowest BCUT2D eigenvalue weighted by atomic mass is 9.86. The summed E-state index contributed by atoms with van der Waals surface area (Å²) in [5.74, 6) is 0.961. The van der Waals surface area contributed by atoms with E-state index >= 15 is 0 Å². The third kappa shape index (κ3) is 3.58. The smallest absolute Gasteiger partial charge is 0.243 e. The van der Waals surface area contributed by atoms with Gasteiger partial charge in [0.15, 0.2) is 0 Å². The number of amides is 1. The van der Waals surface area contributed by atoms with Crippen LogP contribution in [0.1, 0.15) is 56.9 Å². The van der Waals surface area contributed by atoms with Gasteiger partial charge in [0.25, 0.3) is 0 Å². The normalized spacial score (nSPS) is 20.8. The first-order valence-electron chi connectivity index (χ1n) is 8.35. The third-order valence-electron chi connectivity index (χ3n) is 4.54. The van der Waals surface area contributed by atoms with Gasteiger partial charge in [-0.1, -0.05) is 45.0 Å². The number of nitrogens with one attached hydrogen (secondary N) is 1. The molecule has 0 unspecified atom stereocenters. The lowest BCUT2D eigenvalue weighted by Crippen LogP contribution is -2.21. The Balaban J connectivity index is 1.59. The van der Waals surface area contributed by atoms with Crippen LogP contribution in [0.15, 0.2) is 52.2 Å². The Morgan fingerprint density at radius 2 is 1.92 bits per heavy atom. The van der Waals surface area contributed by atoms with Crippen LogP contribution < -0.4 is 5.43 Å². The van der Waals surface area contributed by atoms with Gasteiger partial charge < -0.3 is 4.42 Å². The number of carbonyl (C=O) groups excluding carboxylic acids is 1. The molecular weight excluding hydrogens is 300 g/mol. The van der Waals surface area contributed by atoms with Gasteiger partial charge in [-0.2, -0.15) is 5.10 Å². The van der Waals surface area contributed by atoms with Gasteiger partial charge in [0, 0.05) is 5.92 Å². The van der Waals surface area contributed by atoms with E-state index in [9.17, 15) is 4.79 Å². The molecule has 1 N–H and O–H groups in total. The van der Waals surface area contributed by atoms with E-state index in [2.05, 4.69) is 55.6 Å². The molecule has 1 aliphatic rings. The van der Waals surface area contributed by atoms with Crippen molar-refractivity contribution in [2.75, 3.05) is 0 Å². The average Bonchev–Trinajstić information content (AvgIpc) is 3.16. The van der Waals surface area contributed by atoms with Crippen LogP contribution in [0.2, 0.25) is 0 Å². The van der Waals surface area contributed by atoms with Crippen molar-refractivity contribution < 1.29 is 9.21 Å². The molecular formula is C20H24N2O2. The van der Waals surface area contributed by atoms with Crippen LogP contribution in [-0.2, 0) is 10.2 Å². The summed E-state index contributed by atoms with van der Waals surface area (Å²) >= 11 is 0. The average molecular weight is 324 g/mol. The molecule has 1 fully saturated rings. The van der Waals surface area contributed by atoms with Gasteiger partial charge in [0.1, 0.15) is 11.5 Å². The molecule has 1 aromatic heterocycles. The molecule has 0 aliphatic heterocycles. The molecule has 2 atom stereocenters. The molecule has 0 bridgehead atoms. The van der Waals surface area contributed by atoms with Crippen molar-refractivity contribution in [1.82, 2.24) is 5.43 Å². The summed E-state index contributed by atoms with van der Waals surface area (Å²) in [5.41, 5.74) is 6.02. The molecule has 0 saturated heterocycles. The zero-order chi connectivity index (χ0) is 17.3. The fourth-order valence-electron chi connectivity index (χ4n) is 2.84. The molecule has 1 aromatic carbocycles. The Bertz CT molecular complexity index is 737. The Morgan fingerprint density at radius 3 is 2.50 bits per heavy atom. The maximum Gasteiger partial charge on any atom is 0.243 e. The van der Waals surface area contributed by atoms with Crippen molar-refractivity contribution in [2.45, 2.75) is 45.4 Å². The van der Waals surface area contributed by atoms with Crippen molar-refractivity contribution in [3.8, 4) is 0 Å². The Hall–Kier alpha value is -2.36. The highest BCUT2D eigenvalue weighted by molar-refractivity contribution is 5.97. The van der Waals surface area contributed by atoms with E-state index in [1.807, 2.05) is 13.0 Å². The van der Waals surface area contributed by atoms with Crippen LogP contribution >= 0.6 is 0 Å². The number of rotatable bonds is 4. The fraction of sp³-hybridized carbons (Fsp3) is 0.400. The Labute approximate surface area is 143 Å². The summed E-state index contributed by atoms with van der Waals surface area (Å²) in [6, 6.07) is 12.3. The van der Waals surface area contributed by atoms with E-state index in [0.717, 1.165) is 6.42 Å². The molecule has 4 nitrogen and oxygen atoms in total. The SMILES string of the molecule is C/C(=N\NC(=O)[C@H]1C[C@@H]1c1ccc(C(C)(C)C)cc1)c1ccco1. The number of hydrazone groups is 1. The van der Waals surface area contributed by atoms with Crippen LogP contribution in [0.4, 0.5) is 0 Å². The molecule has 126 valence electrons. The van der Waals surface area contributed by atoms with E-state index in [1.54, 1.807) is 12.3 Å². The monoisotopic (exact) mass is 324 g/mol. The first-order valence-corrected chi connectivity index (χ1v) is 8.35. The highest BCUT2D eigenvalue weighted by atomic mass is 16.3. The molecule has 2 aromatic rings. The van der Waals surface area contributed by atoms with Crippen molar-refractivity contribution in [2.24, 2.45) is 11.0 Å². The number of nitrogens with zero attached hydrogens (tertiary/aromatic N) is 1. The Kier molecular flexibility index (Phi) is 4.31. The largest absolute Gasteiger partial charge is 0.463 e. The Morgan fingerprint density at radius 1 is 1.21 bits per heavy atom.